The zero-order valence-electron chi connectivity index (χ0n) is 20.6. The maximum Gasteiger partial charge on any atom is 0.218 e. The Morgan fingerprint density at radius 2 is 0.946 bits per heavy atom. The summed E-state index contributed by atoms with van der Waals surface area (Å²) in [6.45, 7) is 1.17. The highest BCUT2D eigenvalue weighted by Gasteiger charge is 2.25. The summed E-state index contributed by atoms with van der Waals surface area (Å²) in [7, 11) is 0. The van der Waals surface area contributed by atoms with Gasteiger partial charge < -0.3 is 14.8 Å². The van der Waals surface area contributed by atoms with E-state index in [0.29, 0.717) is 25.0 Å². The largest absolute Gasteiger partial charge is 0.475 e. The number of nitrogens with zero attached hydrogens (tertiary/aromatic N) is 2. The van der Waals surface area contributed by atoms with E-state index in [1.54, 1.807) is 0 Å². The van der Waals surface area contributed by atoms with Crippen molar-refractivity contribution in [2.75, 3.05) is 18.5 Å². The SMILES string of the molecule is c1ccc(CC2COC(c3ccccc3Nc3ccccc3C3=NC(Cc4ccccc4)CO3)=N2)cc1. The van der Waals surface area contributed by atoms with Gasteiger partial charge in [-0.15, -0.1) is 0 Å². The molecule has 4 aromatic carbocycles. The van der Waals surface area contributed by atoms with Gasteiger partial charge in [0.15, 0.2) is 0 Å². The van der Waals surface area contributed by atoms with Crippen molar-refractivity contribution in [3.8, 4) is 0 Å². The van der Waals surface area contributed by atoms with Crippen LogP contribution in [-0.4, -0.2) is 37.1 Å². The molecule has 37 heavy (non-hydrogen) atoms. The molecule has 2 heterocycles. The Bertz CT molecular complexity index is 1310. The molecule has 2 aliphatic rings. The number of ether oxygens (including phenoxy) is 2. The van der Waals surface area contributed by atoms with Gasteiger partial charge in [0, 0.05) is 0 Å². The van der Waals surface area contributed by atoms with Gasteiger partial charge in [-0.3, -0.25) is 0 Å². The van der Waals surface area contributed by atoms with Gasteiger partial charge in [-0.2, -0.15) is 0 Å². The smallest absolute Gasteiger partial charge is 0.218 e. The van der Waals surface area contributed by atoms with Gasteiger partial charge in [0.2, 0.25) is 11.8 Å². The standard InChI is InChI=1S/C32H29N3O2/c1-3-11-23(12-4-1)19-25-21-36-31(33-25)27-15-7-9-17-29(27)35-30-18-10-8-16-28(30)32-34-26(22-37-32)20-24-13-5-2-6-14-24/h1-18,25-26,35H,19-22H2. The van der Waals surface area contributed by atoms with E-state index < -0.39 is 0 Å². The molecule has 5 nitrogen and oxygen atoms in total. The summed E-state index contributed by atoms with van der Waals surface area (Å²) in [5, 5.41) is 3.60. The zero-order valence-corrected chi connectivity index (χ0v) is 20.6. The first-order chi connectivity index (χ1) is 18.3. The van der Waals surface area contributed by atoms with Crippen LogP contribution in [-0.2, 0) is 22.3 Å². The quantitative estimate of drug-likeness (QED) is 0.322. The average Bonchev–Trinajstić information content (AvgIpc) is 3.60. The molecule has 0 saturated carbocycles. The Kier molecular flexibility index (Phi) is 6.67. The van der Waals surface area contributed by atoms with E-state index in [1.165, 1.54) is 11.1 Å². The molecular formula is C32H29N3O2. The second-order valence-corrected chi connectivity index (χ2v) is 9.39. The fraction of sp³-hybridized carbons (Fsp3) is 0.188. The number of rotatable bonds is 8. The lowest BCUT2D eigenvalue weighted by Gasteiger charge is -2.15. The van der Waals surface area contributed by atoms with Gasteiger partial charge >= 0.3 is 0 Å². The van der Waals surface area contributed by atoms with Crippen molar-refractivity contribution in [1.29, 1.82) is 0 Å². The molecule has 0 radical (unpaired) electrons. The van der Waals surface area contributed by atoms with E-state index in [0.717, 1.165) is 35.3 Å². The third-order valence-corrected chi connectivity index (χ3v) is 6.64. The summed E-state index contributed by atoms with van der Waals surface area (Å²) in [5.41, 5.74) is 6.31. The van der Waals surface area contributed by atoms with E-state index in [4.69, 9.17) is 19.5 Å². The fourth-order valence-electron chi connectivity index (χ4n) is 4.81. The Hall–Kier alpha value is -4.38. The van der Waals surface area contributed by atoms with Crippen molar-refractivity contribution < 1.29 is 9.47 Å². The van der Waals surface area contributed by atoms with Crippen molar-refractivity contribution in [3.05, 3.63) is 131 Å². The molecule has 5 heteroatoms. The number of anilines is 2. The highest BCUT2D eigenvalue weighted by molar-refractivity contribution is 6.04. The van der Waals surface area contributed by atoms with E-state index in [2.05, 4.69) is 66.0 Å². The minimum absolute atomic E-state index is 0.112. The second-order valence-electron chi connectivity index (χ2n) is 9.39. The molecule has 0 aromatic heterocycles. The van der Waals surface area contributed by atoms with Crippen molar-refractivity contribution in [3.63, 3.8) is 0 Å². The van der Waals surface area contributed by atoms with Crippen LogP contribution in [0.3, 0.4) is 0 Å². The maximum absolute atomic E-state index is 6.06. The van der Waals surface area contributed by atoms with Crippen molar-refractivity contribution in [2.24, 2.45) is 9.98 Å². The van der Waals surface area contributed by atoms with Crippen LogP contribution in [0.2, 0.25) is 0 Å². The summed E-state index contributed by atoms with van der Waals surface area (Å²) >= 11 is 0. The second kappa shape index (κ2) is 10.7. The molecular weight excluding hydrogens is 458 g/mol. The summed E-state index contributed by atoms with van der Waals surface area (Å²) in [5.74, 6) is 1.36. The summed E-state index contributed by atoms with van der Waals surface area (Å²) < 4.78 is 12.1. The van der Waals surface area contributed by atoms with Crippen molar-refractivity contribution in [2.45, 2.75) is 24.9 Å². The summed E-state index contributed by atoms with van der Waals surface area (Å²) in [6, 6.07) is 37.4. The fourth-order valence-corrected chi connectivity index (χ4v) is 4.81. The van der Waals surface area contributed by atoms with Crippen molar-refractivity contribution in [1.82, 2.24) is 0 Å². The van der Waals surface area contributed by atoms with Crippen LogP contribution in [0.4, 0.5) is 11.4 Å². The van der Waals surface area contributed by atoms with Crippen LogP contribution < -0.4 is 5.32 Å². The number of para-hydroxylation sites is 2. The normalized spacial score (nSPS) is 18.5. The van der Waals surface area contributed by atoms with Gasteiger partial charge in [-0.25, -0.2) is 9.98 Å². The number of nitrogens with one attached hydrogen (secondary N) is 1. The van der Waals surface area contributed by atoms with Crippen LogP contribution in [0.5, 0.6) is 0 Å². The lowest BCUT2D eigenvalue weighted by atomic mass is 10.1. The molecule has 0 saturated heterocycles. The Labute approximate surface area is 217 Å². The molecule has 0 spiro atoms. The highest BCUT2D eigenvalue weighted by atomic mass is 16.5. The van der Waals surface area contributed by atoms with E-state index in [1.807, 2.05) is 48.5 Å². The van der Waals surface area contributed by atoms with Gasteiger partial charge in [0.05, 0.1) is 34.6 Å². The molecule has 184 valence electrons. The number of hydrogen-bond acceptors (Lipinski definition) is 5. The van der Waals surface area contributed by atoms with E-state index >= 15 is 0 Å². The molecule has 2 unspecified atom stereocenters. The molecule has 0 aliphatic carbocycles. The lowest BCUT2D eigenvalue weighted by molar-refractivity contribution is 0.317. The van der Waals surface area contributed by atoms with Gasteiger partial charge in [0.25, 0.3) is 0 Å². The predicted molar refractivity (Wildman–Crippen MR) is 149 cm³/mol. The number of benzene rings is 4. The van der Waals surface area contributed by atoms with E-state index in [-0.39, 0.29) is 12.1 Å². The Morgan fingerprint density at radius 1 is 0.541 bits per heavy atom. The van der Waals surface area contributed by atoms with Crippen LogP contribution >= 0.6 is 0 Å². The molecule has 0 amide bonds. The Morgan fingerprint density at radius 3 is 1.41 bits per heavy atom. The topological polar surface area (TPSA) is 55.2 Å². The van der Waals surface area contributed by atoms with Crippen molar-refractivity contribution >= 4 is 23.2 Å². The third kappa shape index (κ3) is 5.41. The molecule has 4 aromatic rings. The first-order valence-corrected chi connectivity index (χ1v) is 12.8. The van der Waals surface area contributed by atoms with Crippen LogP contribution in [0.1, 0.15) is 22.3 Å². The number of aliphatic imine (C=N–C) groups is 2. The summed E-state index contributed by atoms with van der Waals surface area (Å²) in [6.07, 6.45) is 1.73. The van der Waals surface area contributed by atoms with Gasteiger partial charge in [-0.05, 0) is 48.2 Å². The van der Waals surface area contributed by atoms with E-state index in [9.17, 15) is 0 Å². The zero-order chi connectivity index (χ0) is 24.9. The Balaban J connectivity index is 1.22. The number of hydrogen-bond donors (Lipinski definition) is 1. The minimum atomic E-state index is 0.112. The van der Waals surface area contributed by atoms with Gasteiger partial charge in [0.1, 0.15) is 13.2 Å². The maximum atomic E-state index is 6.06. The van der Waals surface area contributed by atoms with Gasteiger partial charge in [-0.1, -0.05) is 84.9 Å². The average molecular weight is 488 g/mol. The summed E-state index contributed by atoms with van der Waals surface area (Å²) in [4.78, 5) is 9.82. The first kappa shape index (κ1) is 23.0. The van der Waals surface area contributed by atoms with Crippen LogP contribution in [0.15, 0.2) is 119 Å². The molecule has 6 rings (SSSR count). The predicted octanol–water partition coefficient (Wildman–Crippen LogP) is 6.21. The first-order valence-electron chi connectivity index (χ1n) is 12.8. The highest BCUT2D eigenvalue weighted by Crippen LogP contribution is 2.28. The molecule has 0 bridgehead atoms. The van der Waals surface area contributed by atoms with Crippen LogP contribution in [0, 0.1) is 0 Å². The molecule has 1 N–H and O–H groups in total. The molecule has 0 fully saturated rings. The molecule has 2 aliphatic heterocycles. The minimum Gasteiger partial charge on any atom is -0.475 e. The third-order valence-electron chi connectivity index (χ3n) is 6.64. The molecule has 2 atom stereocenters. The monoisotopic (exact) mass is 487 g/mol. The lowest BCUT2D eigenvalue weighted by Crippen LogP contribution is -2.10. The van der Waals surface area contributed by atoms with Crippen LogP contribution in [0.25, 0.3) is 0 Å².